The molecule has 0 radical (unpaired) electrons. The molecule has 1 aliphatic carbocycles. The maximum Gasteiger partial charge on any atom is 0.220 e. The summed E-state index contributed by atoms with van der Waals surface area (Å²) < 4.78 is 12.8. The summed E-state index contributed by atoms with van der Waals surface area (Å²) in [6.45, 7) is 0.983. The smallest absolute Gasteiger partial charge is 0.220 e. The van der Waals surface area contributed by atoms with Crippen LogP contribution in [-0.4, -0.2) is 18.4 Å². The van der Waals surface area contributed by atoms with E-state index in [1.165, 1.54) is 30.5 Å². The number of carbonyl (C=O) groups excluding carboxylic acids is 2. The van der Waals surface area contributed by atoms with Crippen LogP contribution in [0.5, 0.6) is 0 Å². The quantitative estimate of drug-likeness (QED) is 0.718. The minimum atomic E-state index is -0.300. The number of hydrogen-bond donors (Lipinski definition) is 2. The van der Waals surface area contributed by atoms with Gasteiger partial charge in [-0.2, -0.15) is 0 Å². The van der Waals surface area contributed by atoms with Gasteiger partial charge in [-0.3, -0.25) is 9.59 Å². The van der Waals surface area contributed by atoms with Crippen LogP contribution in [0.1, 0.15) is 50.5 Å². The van der Waals surface area contributed by atoms with Gasteiger partial charge in [0.1, 0.15) is 5.82 Å². The standard InChI is InChI=1S/C19H25FN2O2/c20-17-8-6-16(7-9-17)14-22-19(24)11-10-18(23)21-13-12-15-4-2-1-3-5-15/h4,6-9H,1-3,5,10-14H2,(H,21,23)(H,22,24). The van der Waals surface area contributed by atoms with Gasteiger partial charge in [-0.15, -0.1) is 0 Å². The number of nitrogens with one attached hydrogen (secondary N) is 2. The van der Waals surface area contributed by atoms with E-state index >= 15 is 0 Å². The minimum Gasteiger partial charge on any atom is -0.356 e. The van der Waals surface area contributed by atoms with E-state index < -0.39 is 0 Å². The fourth-order valence-corrected chi connectivity index (χ4v) is 2.70. The normalized spacial score (nSPS) is 14.0. The van der Waals surface area contributed by atoms with E-state index in [1.807, 2.05) is 0 Å². The monoisotopic (exact) mass is 332 g/mol. The average molecular weight is 332 g/mol. The van der Waals surface area contributed by atoms with Crippen molar-refractivity contribution >= 4 is 11.8 Å². The minimum absolute atomic E-state index is 0.0941. The van der Waals surface area contributed by atoms with Crippen molar-refractivity contribution in [1.82, 2.24) is 10.6 Å². The molecule has 2 amide bonds. The first-order valence-electron chi connectivity index (χ1n) is 8.59. The van der Waals surface area contributed by atoms with Crippen LogP contribution in [0.4, 0.5) is 4.39 Å². The maximum absolute atomic E-state index is 12.8. The second-order valence-corrected chi connectivity index (χ2v) is 6.11. The van der Waals surface area contributed by atoms with Crippen LogP contribution in [0.2, 0.25) is 0 Å². The molecular weight excluding hydrogens is 307 g/mol. The number of halogens is 1. The van der Waals surface area contributed by atoms with Crippen molar-refractivity contribution in [3.63, 3.8) is 0 Å². The average Bonchev–Trinajstić information content (AvgIpc) is 2.60. The zero-order valence-electron chi connectivity index (χ0n) is 13.9. The lowest BCUT2D eigenvalue weighted by Gasteiger charge is -2.13. The van der Waals surface area contributed by atoms with Gasteiger partial charge in [0.2, 0.25) is 11.8 Å². The Morgan fingerprint density at radius 3 is 2.38 bits per heavy atom. The first-order valence-corrected chi connectivity index (χ1v) is 8.59. The fourth-order valence-electron chi connectivity index (χ4n) is 2.70. The summed E-state index contributed by atoms with van der Waals surface area (Å²) in [5.41, 5.74) is 2.26. The summed E-state index contributed by atoms with van der Waals surface area (Å²) in [7, 11) is 0. The second kappa shape index (κ2) is 9.85. The second-order valence-electron chi connectivity index (χ2n) is 6.11. The van der Waals surface area contributed by atoms with Gasteiger partial charge in [-0.05, 0) is 49.8 Å². The molecule has 0 atom stereocenters. The molecule has 24 heavy (non-hydrogen) atoms. The molecule has 0 aliphatic heterocycles. The summed E-state index contributed by atoms with van der Waals surface area (Å²) >= 11 is 0. The summed E-state index contributed by atoms with van der Waals surface area (Å²) in [4.78, 5) is 23.5. The third-order valence-corrected chi connectivity index (χ3v) is 4.14. The van der Waals surface area contributed by atoms with Crippen molar-refractivity contribution in [2.75, 3.05) is 6.54 Å². The fraction of sp³-hybridized carbons (Fsp3) is 0.474. The molecule has 0 spiro atoms. The van der Waals surface area contributed by atoms with E-state index in [9.17, 15) is 14.0 Å². The van der Waals surface area contributed by atoms with E-state index in [4.69, 9.17) is 0 Å². The maximum atomic E-state index is 12.8. The Kier molecular flexibility index (Phi) is 7.46. The molecule has 2 rings (SSSR count). The number of rotatable bonds is 8. The van der Waals surface area contributed by atoms with Crippen molar-refractivity contribution in [1.29, 1.82) is 0 Å². The molecule has 0 saturated carbocycles. The van der Waals surface area contributed by atoms with E-state index in [0.717, 1.165) is 24.8 Å². The summed E-state index contributed by atoms with van der Waals surface area (Å²) in [5.74, 6) is -0.571. The van der Waals surface area contributed by atoms with Crippen LogP contribution in [0.15, 0.2) is 35.9 Å². The van der Waals surface area contributed by atoms with Gasteiger partial charge in [0.25, 0.3) is 0 Å². The Hall–Kier alpha value is -2.17. The third-order valence-electron chi connectivity index (χ3n) is 4.14. The molecular formula is C19H25FN2O2. The predicted molar refractivity (Wildman–Crippen MR) is 91.7 cm³/mol. The van der Waals surface area contributed by atoms with Crippen LogP contribution in [0.25, 0.3) is 0 Å². The number of hydrogen-bond acceptors (Lipinski definition) is 2. The van der Waals surface area contributed by atoms with Crippen LogP contribution in [0.3, 0.4) is 0 Å². The number of allylic oxidation sites excluding steroid dienone is 1. The van der Waals surface area contributed by atoms with Crippen molar-refractivity contribution in [3.8, 4) is 0 Å². The molecule has 1 aliphatic rings. The zero-order valence-corrected chi connectivity index (χ0v) is 13.9. The lowest BCUT2D eigenvalue weighted by Crippen LogP contribution is -2.28. The van der Waals surface area contributed by atoms with Crippen molar-refractivity contribution in [2.24, 2.45) is 0 Å². The van der Waals surface area contributed by atoms with Crippen LogP contribution in [0, 0.1) is 5.82 Å². The van der Waals surface area contributed by atoms with E-state index in [-0.39, 0.29) is 30.5 Å². The number of carbonyl (C=O) groups is 2. The van der Waals surface area contributed by atoms with Crippen molar-refractivity contribution in [3.05, 3.63) is 47.3 Å². The highest BCUT2D eigenvalue weighted by Gasteiger charge is 2.08. The Morgan fingerprint density at radius 1 is 1.00 bits per heavy atom. The molecule has 4 nitrogen and oxygen atoms in total. The first-order chi connectivity index (χ1) is 11.6. The molecule has 1 aromatic rings. The molecule has 5 heteroatoms. The van der Waals surface area contributed by atoms with Gasteiger partial charge >= 0.3 is 0 Å². The topological polar surface area (TPSA) is 58.2 Å². The zero-order chi connectivity index (χ0) is 17.2. The molecule has 2 N–H and O–H groups in total. The van der Waals surface area contributed by atoms with Gasteiger partial charge in [-0.25, -0.2) is 4.39 Å². The highest BCUT2D eigenvalue weighted by molar-refractivity contribution is 5.83. The van der Waals surface area contributed by atoms with Crippen LogP contribution < -0.4 is 10.6 Å². The molecule has 0 fully saturated rings. The molecule has 0 bridgehead atoms. The Balaban J connectivity index is 1.56. The van der Waals surface area contributed by atoms with E-state index in [2.05, 4.69) is 16.7 Å². The molecule has 0 heterocycles. The third kappa shape index (κ3) is 6.94. The molecule has 0 saturated heterocycles. The highest BCUT2D eigenvalue weighted by atomic mass is 19.1. The van der Waals surface area contributed by atoms with Gasteiger partial charge in [-0.1, -0.05) is 23.8 Å². The molecule has 0 aromatic heterocycles. The molecule has 0 unspecified atom stereocenters. The Bertz CT molecular complexity index is 582. The SMILES string of the molecule is O=C(CCC(=O)NCc1ccc(F)cc1)NCCC1=CCCCC1. The van der Waals surface area contributed by atoms with E-state index in [1.54, 1.807) is 12.1 Å². The summed E-state index contributed by atoms with van der Waals surface area (Å²) in [6, 6.07) is 5.97. The lowest BCUT2D eigenvalue weighted by atomic mass is 9.97. The largest absolute Gasteiger partial charge is 0.356 e. The molecule has 130 valence electrons. The Morgan fingerprint density at radius 2 is 1.71 bits per heavy atom. The van der Waals surface area contributed by atoms with Gasteiger partial charge in [0.05, 0.1) is 0 Å². The van der Waals surface area contributed by atoms with Gasteiger partial charge in [0, 0.05) is 25.9 Å². The van der Waals surface area contributed by atoms with Crippen molar-refractivity contribution in [2.45, 2.75) is 51.5 Å². The van der Waals surface area contributed by atoms with Gasteiger partial charge < -0.3 is 10.6 Å². The van der Waals surface area contributed by atoms with Crippen LogP contribution in [-0.2, 0) is 16.1 Å². The van der Waals surface area contributed by atoms with E-state index in [0.29, 0.717) is 13.1 Å². The van der Waals surface area contributed by atoms with Gasteiger partial charge in [0.15, 0.2) is 0 Å². The summed E-state index contributed by atoms with van der Waals surface area (Å²) in [6.07, 6.45) is 8.33. The first kappa shape index (κ1) is 18.2. The Labute approximate surface area is 142 Å². The predicted octanol–water partition coefficient (Wildman–Crippen LogP) is 3.23. The summed E-state index contributed by atoms with van der Waals surface area (Å²) in [5, 5.41) is 5.59. The van der Waals surface area contributed by atoms with Crippen molar-refractivity contribution < 1.29 is 14.0 Å². The van der Waals surface area contributed by atoms with Crippen LogP contribution >= 0.6 is 0 Å². The number of amides is 2. The number of benzene rings is 1. The highest BCUT2D eigenvalue weighted by Crippen LogP contribution is 2.19. The lowest BCUT2D eigenvalue weighted by molar-refractivity contribution is -0.126. The molecule has 1 aromatic carbocycles.